The van der Waals surface area contributed by atoms with Crippen molar-refractivity contribution >= 4 is 11.5 Å². The number of methoxy groups -OCH3 is 1. The maximum absolute atomic E-state index is 13.8. The SMILES string of the molecule is COc1cc(N=C(N)c2ccc(C(F)(F)F)cc2F)ccn1. The maximum Gasteiger partial charge on any atom is 0.416 e. The predicted octanol–water partition coefficient (Wildman–Crippen LogP) is 3.29. The molecule has 0 atom stereocenters. The topological polar surface area (TPSA) is 60.5 Å². The van der Waals surface area contributed by atoms with Crippen LogP contribution in [-0.2, 0) is 6.18 Å². The summed E-state index contributed by atoms with van der Waals surface area (Å²) in [5, 5.41) is 0. The van der Waals surface area contributed by atoms with Gasteiger partial charge >= 0.3 is 6.18 Å². The number of benzene rings is 1. The molecule has 0 saturated carbocycles. The Hall–Kier alpha value is -2.64. The molecule has 0 aliphatic heterocycles. The number of amidine groups is 1. The summed E-state index contributed by atoms with van der Waals surface area (Å²) in [6, 6.07) is 5.01. The van der Waals surface area contributed by atoms with E-state index in [0.717, 1.165) is 12.1 Å². The second-order valence-electron chi connectivity index (χ2n) is 4.25. The molecule has 2 N–H and O–H groups in total. The molecule has 0 aliphatic carbocycles. The van der Waals surface area contributed by atoms with Crippen LogP contribution < -0.4 is 10.5 Å². The van der Waals surface area contributed by atoms with Crippen molar-refractivity contribution in [1.82, 2.24) is 4.98 Å². The van der Waals surface area contributed by atoms with Crippen molar-refractivity contribution in [3.05, 3.63) is 53.5 Å². The van der Waals surface area contributed by atoms with Gasteiger partial charge in [-0.05, 0) is 24.3 Å². The minimum Gasteiger partial charge on any atom is -0.481 e. The van der Waals surface area contributed by atoms with E-state index in [1.54, 1.807) is 0 Å². The highest BCUT2D eigenvalue weighted by Crippen LogP contribution is 2.30. The van der Waals surface area contributed by atoms with Crippen molar-refractivity contribution in [3.63, 3.8) is 0 Å². The van der Waals surface area contributed by atoms with E-state index in [9.17, 15) is 17.6 Å². The first kappa shape index (κ1) is 15.7. The third-order valence-corrected chi connectivity index (χ3v) is 2.75. The zero-order chi connectivity index (χ0) is 16.3. The second-order valence-corrected chi connectivity index (χ2v) is 4.25. The molecule has 0 radical (unpaired) electrons. The number of alkyl halides is 3. The molecule has 0 bridgehead atoms. The van der Waals surface area contributed by atoms with E-state index >= 15 is 0 Å². The molecule has 0 aliphatic rings. The van der Waals surface area contributed by atoms with Crippen LogP contribution in [-0.4, -0.2) is 17.9 Å². The van der Waals surface area contributed by atoms with E-state index in [1.165, 1.54) is 25.4 Å². The number of ether oxygens (including phenoxy) is 1. The number of pyridine rings is 1. The van der Waals surface area contributed by atoms with Crippen LogP contribution in [0.3, 0.4) is 0 Å². The summed E-state index contributed by atoms with van der Waals surface area (Å²) in [6.07, 6.45) is -3.21. The van der Waals surface area contributed by atoms with Crippen molar-refractivity contribution in [3.8, 4) is 5.88 Å². The molecule has 1 heterocycles. The molecular formula is C14H11F4N3O. The zero-order valence-electron chi connectivity index (χ0n) is 11.4. The summed E-state index contributed by atoms with van der Waals surface area (Å²) in [5.41, 5.74) is 4.67. The minimum atomic E-state index is -4.62. The van der Waals surface area contributed by atoms with Gasteiger partial charge < -0.3 is 10.5 Å². The fourth-order valence-corrected chi connectivity index (χ4v) is 1.68. The Balaban J connectivity index is 2.36. The standard InChI is InChI=1S/C14H11F4N3O/c1-22-12-7-9(4-5-20-12)21-13(19)10-3-2-8(6-11(10)15)14(16,17)18/h2-7H,1H3,(H2,19,20,21). The number of rotatable bonds is 3. The van der Waals surface area contributed by atoms with E-state index in [2.05, 4.69) is 9.98 Å². The third-order valence-electron chi connectivity index (χ3n) is 2.75. The molecule has 22 heavy (non-hydrogen) atoms. The maximum atomic E-state index is 13.8. The van der Waals surface area contributed by atoms with Gasteiger partial charge in [-0.15, -0.1) is 0 Å². The molecule has 2 rings (SSSR count). The number of hydrogen-bond acceptors (Lipinski definition) is 3. The third kappa shape index (κ3) is 3.51. The Morgan fingerprint density at radius 1 is 1.23 bits per heavy atom. The van der Waals surface area contributed by atoms with Crippen LogP contribution in [0.5, 0.6) is 5.88 Å². The summed E-state index contributed by atoms with van der Waals surface area (Å²) < 4.78 is 56.1. The summed E-state index contributed by atoms with van der Waals surface area (Å²) >= 11 is 0. The van der Waals surface area contributed by atoms with Crippen molar-refractivity contribution < 1.29 is 22.3 Å². The number of hydrogen-bond donors (Lipinski definition) is 1. The van der Waals surface area contributed by atoms with Gasteiger partial charge in [-0.3, -0.25) is 0 Å². The molecule has 0 amide bonds. The molecule has 8 heteroatoms. The minimum absolute atomic E-state index is 0.219. The Labute approximate surface area is 123 Å². The van der Waals surface area contributed by atoms with Crippen LogP contribution in [0.25, 0.3) is 0 Å². The van der Waals surface area contributed by atoms with Crippen molar-refractivity contribution in [2.24, 2.45) is 10.7 Å². The van der Waals surface area contributed by atoms with E-state index in [-0.39, 0.29) is 17.3 Å². The average molecular weight is 313 g/mol. The van der Waals surface area contributed by atoms with Gasteiger partial charge in [-0.2, -0.15) is 13.2 Å². The lowest BCUT2D eigenvalue weighted by molar-refractivity contribution is -0.137. The monoisotopic (exact) mass is 313 g/mol. The van der Waals surface area contributed by atoms with Crippen LogP contribution in [0.4, 0.5) is 23.2 Å². The fraction of sp³-hybridized carbons (Fsp3) is 0.143. The Kier molecular flexibility index (Phi) is 4.30. The van der Waals surface area contributed by atoms with Crippen molar-refractivity contribution in [1.29, 1.82) is 0 Å². The lowest BCUT2D eigenvalue weighted by Crippen LogP contribution is -2.16. The number of aromatic nitrogens is 1. The Bertz CT molecular complexity index is 713. The van der Waals surface area contributed by atoms with Gasteiger partial charge in [0.15, 0.2) is 0 Å². The van der Waals surface area contributed by atoms with Gasteiger partial charge in [0.1, 0.15) is 11.7 Å². The summed E-state index contributed by atoms with van der Waals surface area (Å²) in [5.74, 6) is -1.07. The molecule has 1 aromatic carbocycles. The predicted molar refractivity (Wildman–Crippen MR) is 72.6 cm³/mol. The molecule has 0 saturated heterocycles. The first-order chi connectivity index (χ1) is 10.3. The van der Waals surface area contributed by atoms with Crippen LogP contribution in [0.2, 0.25) is 0 Å². The average Bonchev–Trinajstić information content (AvgIpc) is 2.46. The quantitative estimate of drug-likeness (QED) is 0.537. The lowest BCUT2D eigenvalue weighted by atomic mass is 10.1. The normalized spacial score (nSPS) is 12.3. The van der Waals surface area contributed by atoms with E-state index in [1.807, 2.05) is 0 Å². The molecule has 116 valence electrons. The fourth-order valence-electron chi connectivity index (χ4n) is 1.68. The first-order valence-corrected chi connectivity index (χ1v) is 6.02. The lowest BCUT2D eigenvalue weighted by Gasteiger charge is -2.09. The molecule has 2 aromatic rings. The van der Waals surface area contributed by atoms with Crippen molar-refractivity contribution in [2.75, 3.05) is 7.11 Å². The van der Waals surface area contributed by atoms with Gasteiger partial charge in [0.25, 0.3) is 0 Å². The van der Waals surface area contributed by atoms with Crippen LogP contribution >= 0.6 is 0 Å². The van der Waals surface area contributed by atoms with Crippen LogP contribution in [0.1, 0.15) is 11.1 Å². The van der Waals surface area contributed by atoms with Gasteiger partial charge in [0, 0.05) is 12.3 Å². The van der Waals surface area contributed by atoms with Crippen LogP contribution in [0.15, 0.2) is 41.5 Å². The molecule has 0 spiro atoms. The van der Waals surface area contributed by atoms with Crippen molar-refractivity contribution in [2.45, 2.75) is 6.18 Å². The van der Waals surface area contributed by atoms with E-state index in [4.69, 9.17) is 10.5 Å². The van der Waals surface area contributed by atoms with Gasteiger partial charge in [-0.25, -0.2) is 14.4 Å². The zero-order valence-corrected chi connectivity index (χ0v) is 11.4. The second kappa shape index (κ2) is 6.00. The highest BCUT2D eigenvalue weighted by Gasteiger charge is 2.31. The molecule has 4 nitrogen and oxygen atoms in total. The van der Waals surface area contributed by atoms with Gasteiger partial charge in [0.2, 0.25) is 5.88 Å². The molecule has 0 fully saturated rings. The van der Waals surface area contributed by atoms with E-state index in [0.29, 0.717) is 11.8 Å². The summed E-state index contributed by atoms with van der Waals surface area (Å²) in [4.78, 5) is 7.81. The molecular weight excluding hydrogens is 302 g/mol. The summed E-state index contributed by atoms with van der Waals surface area (Å²) in [7, 11) is 1.41. The van der Waals surface area contributed by atoms with Crippen LogP contribution in [0, 0.1) is 5.82 Å². The smallest absolute Gasteiger partial charge is 0.416 e. The molecule has 0 unspecified atom stereocenters. The largest absolute Gasteiger partial charge is 0.481 e. The Morgan fingerprint density at radius 2 is 1.95 bits per heavy atom. The number of aliphatic imine (C=N–C) groups is 1. The summed E-state index contributed by atoms with van der Waals surface area (Å²) in [6.45, 7) is 0. The van der Waals surface area contributed by atoms with Gasteiger partial charge in [-0.1, -0.05) is 0 Å². The number of halogens is 4. The highest BCUT2D eigenvalue weighted by atomic mass is 19.4. The first-order valence-electron chi connectivity index (χ1n) is 6.02. The Morgan fingerprint density at radius 3 is 2.55 bits per heavy atom. The number of nitrogens with zero attached hydrogens (tertiary/aromatic N) is 2. The highest BCUT2D eigenvalue weighted by molar-refractivity contribution is 5.99. The van der Waals surface area contributed by atoms with E-state index < -0.39 is 17.6 Å². The number of nitrogens with two attached hydrogens (primary N) is 1. The molecule has 1 aromatic heterocycles. The van der Waals surface area contributed by atoms with Gasteiger partial charge in [0.05, 0.1) is 23.9 Å².